The van der Waals surface area contributed by atoms with Crippen LogP contribution in [-0.2, 0) is 10.8 Å². The standard InChI is InChI=1S/C27H38Cl2N2OS/c1-7-26(3,4)19-11-14-24(21(17-19)27(5,6)8-2)32-16-10-9-15-30-25(33)31-23-18-20(28)12-13-22(23)29/h11-14,17-18H,7-10,15-16H2,1-6H3,(H2,30,31,33). The van der Waals surface area contributed by atoms with Crippen molar-refractivity contribution < 1.29 is 4.74 Å². The van der Waals surface area contributed by atoms with Crippen LogP contribution in [0.1, 0.15) is 78.4 Å². The maximum absolute atomic E-state index is 6.25. The summed E-state index contributed by atoms with van der Waals surface area (Å²) in [6.07, 6.45) is 4.04. The highest BCUT2D eigenvalue weighted by atomic mass is 35.5. The van der Waals surface area contributed by atoms with E-state index in [1.54, 1.807) is 18.2 Å². The molecule has 3 nitrogen and oxygen atoms in total. The number of hydrogen-bond acceptors (Lipinski definition) is 2. The van der Waals surface area contributed by atoms with Gasteiger partial charge < -0.3 is 15.4 Å². The van der Waals surface area contributed by atoms with Crippen molar-refractivity contribution in [1.82, 2.24) is 5.32 Å². The van der Waals surface area contributed by atoms with Crippen LogP contribution >= 0.6 is 35.4 Å². The first-order valence-electron chi connectivity index (χ1n) is 11.8. The van der Waals surface area contributed by atoms with Crippen molar-refractivity contribution in [3.8, 4) is 5.75 Å². The van der Waals surface area contributed by atoms with E-state index in [0.29, 0.717) is 27.5 Å². The van der Waals surface area contributed by atoms with Gasteiger partial charge in [0.05, 0.1) is 17.3 Å². The Labute approximate surface area is 215 Å². The van der Waals surface area contributed by atoms with E-state index in [0.717, 1.165) is 38.0 Å². The third-order valence-corrected chi connectivity index (χ3v) is 7.36. The molecule has 0 aliphatic heterocycles. The Morgan fingerprint density at radius 3 is 2.30 bits per heavy atom. The Hall–Kier alpha value is -1.49. The molecule has 2 N–H and O–H groups in total. The Kier molecular flexibility index (Phi) is 10.3. The summed E-state index contributed by atoms with van der Waals surface area (Å²) >= 11 is 17.6. The van der Waals surface area contributed by atoms with Gasteiger partial charge in [-0.2, -0.15) is 0 Å². The molecule has 0 saturated heterocycles. The van der Waals surface area contributed by atoms with Crippen molar-refractivity contribution >= 4 is 46.2 Å². The number of benzene rings is 2. The van der Waals surface area contributed by atoms with Gasteiger partial charge in [0.2, 0.25) is 0 Å². The molecular formula is C27H38Cl2N2OS. The predicted octanol–water partition coefficient (Wildman–Crippen LogP) is 8.51. The van der Waals surface area contributed by atoms with E-state index in [1.807, 2.05) is 0 Å². The molecule has 182 valence electrons. The first-order valence-corrected chi connectivity index (χ1v) is 12.9. The molecule has 0 aliphatic rings. The van der Waals surface area contributed by atoms with Gasteiger partial charge in [0.15, 0.2) is 5.11 Å². The van der Waals surface area contributed by atoms with Gasteiger partial charge in [-0.1, -0.05) is 76.9 Å². The van der Waals surface area contributed by atoms with E-state index >= 15 is 0 Å². The van der Waals surface area contributed by atoms with Gasteiger partial charge in [0.25, 0.3) is 0 Å². The minimum atomic E-state index is 0.0657. The summed E-state index contributed by atoms with van der Waals surface area (Å²) in [4.78, 5) is 0. The fourth-order valence-corrected chi connectivity index (χ4v) is 3.92. The third kappa shape index (κ3) is 8.05. The smallest absolute Gasteiger partial charge is 0.170 e. The van der Waals surface area contributed by atoms with Crippen molar-refractivity contribution in [2.24, 2.45) is 0 Å². The van der Waals surface area contributed by atoms with Crippen LogP contribution in [0, 0.1) is 0 Å². The molecule has 6 heteroatoms. The zero-order valence-electron chi connectivity index (χ0n) is 20.8. The molecule has 0 bridgehead atoms. The zero-order valence-corrected chi connectivity index (χ0v) is 23.1. The lowest BCUT2D eigenvalue weighted by molar-refractivity contribution is 0.296. The van der Waals surface area contributed by atoms with Crippen LogP contribution in [0.3, 0.4) is 0 Å². The average molecular weight is 510 g/mol. The number of rotatable bonds is 11. The molecule has 0 aliphatic carbocycles. The molecule has 0 fully saturated rings. The molecule has 2 rings (SSSR count). The fraction of sp³-hybridized carbons (Fsp3) is 0.519. The summed E-state index contributed by atoms with van der Waals surface area (Å²) in [6.45, 7) is 15.1. The number of hydrogen-bond donors (Lipinski definition) is 2. The Balaban J connectivity index is 1.87. The third-order valence-electron chi connectivity index (χ3n) is 6.55. The van der Waals surface area contributed by atoms with Gasteiger partial charge in [-0.3, -0.25) is 0 Å². The fourth-order valence-electron chi connectivity index (χ4n) is 3.37. The first-order chi connectivity index (χ1) is 15.5. The topological polar surface area (TPSA) is 33.3 Å². The van der Waals surface area contributed by atoms with Gasteiger partial charge in [-0.25, -0.2) is 0 Å². The second-order valence-corrected chi connectivity index (χ2v) is 11.0. The molecule has 0 spiro atoms. The SMILES string of the molecule is CCC(C)(C)c1ccc(OCCCCNC(=S)Nc2cc(Cl)ccc2Cl)c(C(C)(C)CC)c1. The van der Waals surface area contributed by atoms with Crippen molar-refractivity contribution in [3.63, 3.8) is 0 Å². The van der Waals surface area contributed by atoms with Crippen molar-refractivity contribution in [1.29, 1.82) is 0 Å². The maximum atomic E-state index is 6.25. The van der Waals surface area contributed by atoms with E-state index < -0.39 is 0 Å². The van der Waals surface area contributed by atoms with Crippen LogP contribution in [0.15, 0.2) is 36.4 Å². The lowest BCUT2D eigenvalue weighted by atomic mass is 9.76. The maximum Gasteiger partial charge on any atom is 0.170 e. The summed E-state index contributed by atoms with van der Waals surface area (Å²) in [5.41, 5.74) is 3.59. The summed E-state index contributed by atoms with van der Waals surface area (Å²) < 4.78 is 6.25. The molecule has 2 aromatic carbocycles. The molecule has 33 heavy (non-hydrogen) atoms. The van der Waals surface area contributed by atoms with E-state index in [4.69, 9.17) is 40.2 Å². The monoisotopic (exact) mass is 508 g/mol. The Bertz CT molecular complexity index is 944. The Morgan fingerprint density at radius 2 is 1.64 bits per heavy atom. The van der Waals surface area contributed by atoms with Crippen LogP contribution in [0.4, 0.5) is 5.69 Å². The van der Waals surface area contributed by atoms with E-state index in [9.17, 15) is 0 Å². The minimum Gasteiger partial charge on any atom is -0.493 e. The number of nitrogens with one attached hydrogen (secondary N) is 2. The summed E-state index contributed by atoms with van der Waals surface area (Å²) in [5.74, 6) is 0.998. The summed E-state index contributed by atoms with van der Waals surface area (Å²) in [6, 6.07) is 12.0. The molecule has 0 atom stereocenters. The van der Waals surface area contributed by atoms with E-state index in [1.165, 1.54) is 11.1 Å². The van der Waals surface area contributed by atoms with Crippen LogP contribution < -0.4 is 15.4 Å². The first kappa shape index (κ1) is 27.8. The van der Waals surface area contributed by atoms with Crippen LogP contribution in [-0.4, -0.2) is 18.3 Å². The average Bonchev–Trinajstić information content (AvgIpc) is 2.78. The van der Waals surface area contributed by atoms with E-state index in [2.05, 4.69) is 70.4 Å². The van der Waals surface area contributed by atoms with E-state index in [-0.39, 0.29) is 10.8 Å². The van der Waals surface area contributed by atoms with Crippen molar-refractivity contribution in [3.05, 3.63) is 57.6 Å². The minimum absolute atomic E-state index is 0.0657. The molecule has 0 heterocycles. The number of anilines is 1. The molecule has 0 aromatic heterocycles. The highest BCUT2D eigenvalue weighted by molar-refractivity contribution is 7.80. The second-order valence-electron chi connectivity index (χ2n) is 9.75. The van der Waals surface area contributed by atoms with Gasteiger partial charge in [-0.15, -0.1) is 0 Å². The molecular weight excluding hydrogens is 471 g/mol. The predicted molar refractivity (Wildman–Crippen MR) is 148 cm³/mol. The molecule has 0 radical (unpaired) electrons. The summed E-state index contributed by atoms with van der Waals surface area (Å²) in [7, 11) is 0. The highest BCUT2D eigenvalue weighted by Crippen LogP contribution is 2.38. The van der Waals surface area contributed by atoms with Crippen LogP contribution in [0.2, 0.25) is 10.0 Å². The normalized spacial score (nSPS) is 11.9. The number of ether oxygens (including phenoxy) is 1. The Morgan fingerprint density at radius 1 is 0.939 bits per heavy atom. The van der Waals surface area contributed by atoms with Gasteiger partial charge >= 0.3 is 0 Å². The molecule has 0 amide bonds. The highest BCUT2D eigenvalue weighted by Gasteiger charge is 2.26. The van der Waals surface area contributed by atoms with Crippen LogP contribution in [0.25, 0.3) is 0 Å². The zero-order chi connectivity index (χ0) is 24.6. The number of thiocarbonyl (C=S) groups is 1. The number of halogens is 2. The van der Waals surface area contributed by atoms with Gasteiger partial charge in [0, 0.05) is 17.1 Å². The number of unbranched alkanes of at least 4 members (excludes halogenated alkanes) is 1. The van der Waals surface area contributed by atoms with Crippen molar-refractivity contribution in [2.45, 2.75) is 78.1 Å². The van der Waals surface area contributed by atoms with Gasteiger partial charge in [0.1, 0.15) is 5.75 Å². The molecule has 2 aromatic rings. The molecule has 0 unspecified atom stereocenters. The van der Waals surface area contributed by atoms with Crippen molar-refractivity contribution in [2.75, 3.05) is 18.5 Å². The molecule has 0 saturated carbocycles. The largest absolute Gasteiger partial charge is 0.493 e. The quantitative estimate of drug-likeness (QED) is 0.235. The lowest BCUT2D eigenvalue weighted by Crippen LogP contribution is -2.29. The summed E-state index contributed by atoms with van der Waals surface area (Å²) in [5, 5.41) is 8.03. The lowest BCUT2D eigenvalue weighted by Gasteiger charge is -2.30. The van der Waals surface area contributed by atoms with Crippen LogP contribution in [0.5, 0.6) is 5.75 Å². The second kappa shape index (κ2) is 12.3. The van der Waals surface area contributed by atoms with Gasteiger partial charge in [-0.05, 0) is 78.6 Å².